The van der Waals surface area contributed by atoms with Crippen molar-refractivity contribution in [1.29, 1.82) is 0 Å². The summed E-state index contributed by atoms with van der Waals surface area (Å²) in [4.78, 5) is 0. The molecule has 0 bridgehead atoms. The van der Waals surface area contributed by atoms with E-state index in [-0.39, 0.29) is 11.8 Å². The Kier molecular flexibility index (Phi) is 4.33. The van der Waals surface area contributed by atoms with Crippen LogP contribution in [0.4, 0.5) is 0 Å². The van der Waals surface area contributed by atoms with Crippen molar-refractivity contribution in [3.05, 3.63) is 0 Å². The van der Waals surface area contributed by atoms with Crippen molar-refractivity contribution in [3.63, 3.8) is 0 Å². The average molecular weight is 172 g/mol. The van der Waals surface area contributed by atoms with Crippen LogP contribution in [0.25, 0.3) is 0 Å². The van der Waals surface area contributed by atoms with Gasteiger partial charge in [-0.15, -0.1) is 0 Å². The third-order valence-corrected chi connectivity index (χ3v) is 1.57. The topological polar surface area (TPSA) is 65.2 Å². The minimum Gasteiger partial charge on any atom is -0.411 e. The van der Waals surface area contributed by atoms with Gasteiger partial charge in [0, 0.05) is 11.8 Å². The number of hydrogen-bond donors (Lipinski definition) is 2. The summed E-state index contributed by atoms with van der Waals surface area (Å²) in [5.74, 6) is 0.117. The van der Waals surface area contributed by atoms with Gasteiger partial charge < -0.3 is 10.4 Å². The fourth-order valence-corrected chi connectivity index (χ4v) is 0.925. The first-order valence-electron chi connectivity index (χ1n) is 3.98. The highest BCUT2D eigenvalue weighted by atomic mass is 16.4. The fraction of sp³-hybridized carbons (Fsp3) is 0.750. The second-order valence-electron chi connectivity index (χ2n) is 3.28. The minimum absolute atomic E-state index is 0.0586. The molecule has 0 heterocycles. The van der Waals surface area contributed by atoms with Gasteiger partial charge in [-0.25, -0.2) is 0 Å². The van der Waals surface area contributed by atoms with E-state index in [0.29, 0.717) is 11.4 Å². The number of hydrogen-bond acceptors (Lipinski definition) is 4. The van der Waals surface area contributed by atoms with Gasteiger partial charge >= 0.3 is 0 Å². The van der Waals surface area contributed by atoms with Crippen LogP contribution in [-0.2, 0) is 0 Å². The van der Waals surface area contributed by atoms with Crippen molar-refractivity contribution in [2.24, 2.45) is 22.1 Å². The summed E-state index contributed by atoms with van der Waals surface area (Å²) in [7, 11) is 0. The van der Waals surface area contributed by atoms with E-state index in [9.17, 15) is 0 Å². The van der Waals surface area contributed by atoms with Crippen molar-refractivity contribution in [2.75, 3.05) is 0 Å². The molecule has 0 aromatic carbocycles. The smallest absolute Gasteiger partial charge is 0.107 e. The van der Waals surface area contributed by atoms with Gasteiger partial charge in [-0.3, -0.25) is 0 Å². The van der Waals surface area contributed by atoms with Gasteiger partial charge in [0.25, 0.3) is 0 Å². The molecule has 0 aliphatic rings. The Morgan fingerprint density at radius 2 is 1.08 bits per heavy atom. The van der Waals surface area contributed by atoms with E-state index in [1.54, 1.807) is 0 Å². The Labute approximate surface area is 72.6 Å². The fourth-order valence-electron chi connectivity index (χ4n) is 0.925. The minimum atomic E-state index is 0.0586. The number of nitrogens with zero attached hydrogens (tertiary/aromatic N) is 2. The van der Waals surface area contributed by atoms with Gasteiger partial charge in [-0.05, 0) is 0 Å². The molecule has 0 fully saturated rings. The highest BCUT2D eigenvalue weighted by Gasteiger charge is 2.17. The maximum atomic E-state index is 8.64. The Morgan fingerprint density at radius 1 is 0.833 bits per heavy atom. The lowest BCUT2D eigenvalue weighted by atomic mass is 9.96. The molecule has 0 saturated carbocycles. The van der Waals surface area contributed by atoms with Gasteiger partial charge in [-0.1, -0.05) is 38.0 Å². The second kappa shape index (κ2) is 4.74. The van der Waals surface area contributed by atoms with Gasteiger partial charge in [0.05, 0.1) is 0 Å². The van der Waals surface area contributed by atoms with E-state index in [4.69, 9.17) is 10.4 Å². The quantitative estimate of drug-likeness (QED) is 0.388. The number of rotatable bonds is 3. The van der Waals surface area contributed by atoms with E-state index >= 15 is 0 Å². The van der Waals surface area contributed by atoms with Crippen LogP contribution in [0.15, 0.2) is 10.3 Å². The maximum Gasteiger partial charge on any atom is 0.107 e. The zero-order valence-corrected chi connectivity index (χ0v) is 7.94. The lowest BCUT2D eigenvalue weighted by molar-refractivity contribution is 0.309. The summed E-state index contributed by atoms with van der Waals surface area (Å²) in [6.07, 6.45) is 0. The Bertz CT molecular complexity index is 173. The zero-order chi connectivity index (χ0) is 9.72. The first kappa shape index (κ1) is 10.9. The first-order chi connectivity index (χ1) is 5.54. The van der Waals surface area contributed by atoms with Crippen LogP contribution in [0.2, 0.25) is 0 Å². The summed E-state index contributed by atoms with van der Waals surface area (Å²) in [5, 5.41) is 23.5. The molecule has 2 N–H and O–H groups in total. The first-order valence-corrected chi connectivity index (χ1v) is 3.98. The Morgan fingerprint density at radius 3 is 1.17 bits per heavy atom. The standard InChI is InChI=1S/C8H16N2O2/c1-5(2)7(9-11)8(10-12)6(3)4/h5-6,11-12H,1-4H3/b9-7-,10-8-. The highest BCUT2D eigenvalue weighted by Crippen LogP contribution is 2.06. The van der Waals surface area contributed by atoms with Crippen molar-refractivity contribution < 1.29 is 10.4 Å². The van der Waals surface area contributed by atoms with Gasteiger partial charge in [0.2, 0.25) is 0 Å². The molecule has 0 spiro atoms. The molecule has 0 aromatic rings. The molecular formula is C8H16N2O2. The molecule has 0 aliphatic heterocycles. The van der Waals surface area contributed by atoms with Crippen molar-refractivity contribution >= 4 is 11.4 Å². The molecule has 4 heteroatoms. The predicted octanol–water partition coefficient (Wildman–Crippen LogP) is 1.96. The summed E-state index contributed by atoms with van der Waals surface area (Å²) in [6, 6.07) is 0. The summed E-state index contributed by atoms with van der Waals surface area (Å²) >= 11 is 0. The Hall–Kier alpha value is -1.06. The predicted molar refractivity (Wildman–Crippen MR) is 48.1 cm³/mol. The summed E-state index contributed by atoms with van der Waals surface area (Å²) in [6.45, 7) is 7.51. The van der Waals surface area contributed by atoms with Crippen LogP contribution in [0.3, 0.4) is 0 Å². The SMILES string of the molecule is CC(C)C(=N/O)/C(=N\O)C(C)C. The van der Waals surface area contributed by atoms with Gasteiger partial charge in [0.1, 0.15) is 11.4 Å². The summed E-state index contributed by atoms with van der Waals surface area (Å²) < 4.78 is 0. The molecule has 0 saturated heterocycles. The van der Waals surface area contributed by atoms with E-state index in [1.807, 2.05) is 27.7 Å². The van der Waals surface area contributed by atoms with Crippen LogP contribution in [0.1, 0.15) is 27.7 Å². The monoisotopic (exact) mass is 172 g/mol. The maximum absolute atomic E-state index is 8.64. The molecule has 0 amide bonds. The van der Waals surface area contributed by atoms with Crippen LogP contribution < -0.4 is 0 Å². The highest BCUT2D eigenvalue weighted by molar-refractivity contribution is 6.43. The van der Waals surface area contributed by atoms with Crippen LogP contribution in [0, 0.1) is 11.8 Å². The van der Waals surface area contributed by atoms with Crippen LogP contribution in [-0.4, -0.2) is 21.8 Å². The molecule has 0 atom stereocenters. The molecule has 70 valence electrons. The molecule has 0 radical (unpaired) electrons. The van der Waals surface area contributed by atoms with Crippen molar-refractivity contribution in [2.45, 2.75) is 27.7 Å². The normalized spacial score (nSPS) is 14.5. The average Bonchev–Trinajstić information content (AvgIpc) is 1.98. The molecule has 0 aromatic heterocycles. The van der Waals surface area contributed by atoms with Crippen LogP contribution >= 0.6 is 0 Å². The molecule has 0 rings (SSSR count). The van der Waals surface area contributed by atoms with Gasteiger partial charge in [-0.2, -0.15) is 0 Å². The van der Waals surface area contributed by atoms with Crippen molar-refractivity contribution in [1.82, 2.24) is 0 Å². The largest absolute Gasteiger partial charge is 0.411 e. The molecule has 4 nitrogen and oxygen atoms in total. The lowest BCUT2D eigenvalue weighted by Crippen LogP contribution is -2.25. The van der Waals surface area contributed by atoms with E-state index in [2.05, 4.69) is 10.3 Å². The van der Waals surface area contributed by atoms with E-state index in [1.165, 1.54) is 0 Å². The van der Waals surface area contributed by atoms with Crippen molar-refractivity contribution in [3.8, 4) is 0 Å². The third kappa shape index (κ3) is 2.53. The molecule has 12 heavy (non-hydrogen) atoms. The molecule has 0 unspecified atom stereocenters. The molecular weight excluding hydrogens is 156 g/mol. The summed E-state index contributed by atoms with van der Waals surface area (Å²) in [5.41, 5.74) is 0.875. The Balaban J connectivity index is 4.73. The lowest BCUT2D eigenvalue weighted by Gasteiger charge is -2.11. The molecule has 0 aliphatic carbocycles. The van der Waals surface area contributed by atoms with Gasteiger partial charge in [0.15, 0.2) is 0 Å². The third-order valence-electron chi connectivity index (χ3n) is 1.57. The van der Waals surface area contributed by atoms with E-state index in [0.717, 1.165) is 0 Å². The van der Waals surface area contributed by atoms with Crippen LogP contribution in [0.5, 0.6) is 0 Å². The number of oxime groups is 2. The zero-order valence-electron chi connectivity index (χ0n) is 7.94. The van der Waals surface area contributed by atoms with E-state index < -0.39 is 0 Å². The second-order valence-corrected chi connectivity index (χ2v) is 3.28.